The Labute approximate surface area is 143 Å². The number of hydrogen-bond donors (Lipinski definition) is 0. The van der Waals surface area contributed by atoms with Gasteiger partial charge in [0.05, 0.1) is 43.5 Å². The first-order valence-corrected chi connectivity index (χ1v) is 8.16. The number of aryl methyl sites for hydroxylation is 1. The van der Waals surface area contributed by atoms with E-state index in [9.17, 15) is 0 Å². The van der Waals surface area contributed by atoms with E-state index in [1.54, 1.807) is 13.4 Å². The van der Waals surface area contributed by atoms with Gasteiger partial charge < -0.3 is 19.1 Å². The summed E-state index contributed by atoms with van der Waals surface area (Å²) in [6.45, 7) is 7.17. The number of benzene rings is 1. The van der Waals surface area contributed by atoms with Crippen LogP contribution >= 0.6 is 11.6 Å². The minimum atomic E-state index is -0.422. The minimum absolute atomic E-state index is 0.422. The molecule has 128 valence electrons. The van der Waals surface area contributed by atoms with Crippen LogP contribution in [0.4, 0.5) is 5.69 Å². The third-order valence-electron chi connectivity index (χ3n) is 4.01. The molecule has 1 saturated heterocycles. The lowest BCUT2D eigenvalue weighted by Crippen LogP contribution is -2.50. The Balaban J connectivity index is 2.23. The number of aliphatic imine (C=N–C) groups is 1. The van der Waals surface area contributed by atoms with E-state index < -0.39 is 5.60 Å². The molecule has 0 amide bonds. The Morgan fingerprint density at radius 1 is 1.39 bits per heavy atom. The molecule has 0 atom stereocenters. The van der Waals surface area contributed by atoms with Crippen molar-refractivity contribution >= 4 is 23.6 Å². The van der Waals surface area contributed by atoms with Gasteiger partial charge in [0.15, 0.2) is 0 Å². The van der Waals surface area contributed by atoms with Gasteiger partial charge in [-0.25, -0.2) is 4.99 Å². The van der Waals surface area contributed by atoms with Crippen LogP contribution in [-0.2, 0) is 19.8 Å². The maximum atomic E-state index is 6.42. The zero-order chi connectivity index (χ0) is 16.9. The lowest BCUT2D eigenvalue weighted by atomic mass is 9.88. The number of methoxy groups -OCH3 is 1. The third kappa shape index (κ3) is 4.23. The van der Waals surface area contributed by atoms with Crippen molar-refractivity contribution in [3.05, 3.63) is 28.3 Å². The predicted octanol–water partition coefficient (Wildman–Crippen LogP) is 3.15. The van der Waals surface area contributed by atoms with Crippen LogP contribution in [0, 0.1) is 6.92 Å². The molecule has 1 aromatic carbocycles. The van der Waals surface area contributed by atoms with Crippen LogP contribution in [0.5, 0.6) is 0 Å². The van der Waals surface area contributed by atoms with Crippen molar-refractivity contribution in [1.82, 2.24) is 4.90 Å². The van der Waals surface area contributed by atoms with E-state index in [2.05, 4.69) is 11.9 Å². The number of hydrogen-bond acceptors (Lipinski definition) is 4. The average Bonchev–Trinajstić information content (AvgIpc) is 2.50. The summed E-state index contributed by atoms with van der Waals surface area (Å²) in [4.78, 5) is 6.45. The predicted molar refractivity (Wildman–Crippen MR) is 93.0 cm³/mol. The fraction of sp³-hybridized carbons (Fsp3) is 0.588. The summed E-state index contributed by atoms with van der Waals surface area (Å²) in [5.41, 5.74) is 2.50. The van der Waals surface area contributed by atoms with Gasteiger partial charge in [0.2, 0.25) is 0 Å². The first-order chi connectivity index (χ1) is 11.0. The lowest BCUT2D eigenvalue weighted by molar-refractivity contribution is -0.220. The van der Waals surface area contributed by atoms with Crippen molar-refractivity contribution in [2.24, 2.45) is 4.99 Å². The van der Waals surface area contributed by atoms with E-state index in [-0.39, 0.29) is 0 Å². The highest BCUT2D eigenvalue weighted by atomic mass is 35.5. The molecule has 0 unspecified atom stereocenters. The monoisotopic (exact) mass is 340 g/mol. The molecule has 1 aliphatic heterocycles. The van der Waals surface area contributed by atoms with Crippen LogP contribution in [0.1, 0.15) is 18.1 Å². The quantitative estimate of drug-likeness (QED) is 0.414. The Bertz CT molecular complexity index is 559. The zero-order valence-electron chi connectivity index (χ0n) is 14.3. The van der Waals surface area contributed by atoms with Crippen molar-refractivity contribution in [3.8, 4) is 0 Å². The molecule has 0 N–H and O–H groups in total. The highest BCUT2D eigenvalue weighted by Gasteiger charge is 2.43. The molecule has 0 aliphatic carbocycles. The number of rotatable bonds is 8. The van der Waals surface area contributed by atoms with Gasteiger partial charge in [0.25, 0.3) is 0 Å². The van der Waals surface area contributed by atoms with E-state index in [0.717, 1.165) is 23.4 Å². The van der Waals surface area contributed by atoms with E-state index in [1.807, 2.05) is 31.0 Å². The van der Waals surface area contributed by atoms with Gasteiger partial charge >= 0.3 is 0 Å². The lowest BCUT2D eigenvalue weighted by Gasteiger charge is -2.42. The van der Waals surface area contributed by atoms with Gasteiger partial charge in [0, 0.05) is 20.7 Å². The SMILES string of the molecule is CCN(C)C=Nc1cc(C)c(C2(OCCOC)COC2)cc1Cl. The molecule has 6 heteroatoms. The summed E-state index contributed by atoms with van der Waals surface area (Å²) in [7, 11) is 3.64. The molecule has 2 rings (SSSR count). The molecular formula is C17H25ClN2O3. The average molecular weight is 341 g/mol. The van der Waals surface area contributed by atoms with Crippen LogP contribution < -0.4 is 0 Å². The van der Waals surface area contributed by atoms with E-state index in [0.29, 0.717) is 31.5 Å². The van der Waals surface area contributed by atoms with E-state index in [4.69, 9.17) is 25.8 Å². The summed E-state index contributed by atoms with van der Waals surface area (Å²) < 4.78 is 16.5. The summed E-state index contributed by atoms with van der Waals surface area (Å²) in [6, 6.07) is 3.95. The second kappa shape index (κ2) is 8.11. The van der Waals surface area contributed by atoms with E-state index in [1.165, 1.54) is 0 Å². The fourth-order valence-corrected chi connectivity index (χ4v) is 2.64. The van der Waals surface area contributed by atoms with E-state index >= 15 is 0 Å². The van der Waals surface area contributed by atoms with Crippen LogP contribution in [0.25, 0.3) is 0 Å². The summed E-state index contributed by atoms with van der Waals surface area (Å²) in [5, 5.41) is 0.618. The summed E-state index contributed by atoms with van der Waals surface area (Å²) in [6.07, 6.45) is 1.79. The molecule has 5 nitrogen and oxygen atoms in total. The molecule has 1 aromatic rings. The van der Waals surface area contributed by atoms with Gasteiger partial charge in [-0.15, -0.1) is 0 Å². The second-order valence-corrected chi connectivity index (χ2v) is 6.17. The van der Waals surface area contributed by atoms with Crippen molar-refractivity contribution < 1.29 is 14.2 Å². The number of ether oxygens (including phenoxy) is 3. The first kappa shape index (κ1) is 18.2. The number of nitrogens with zero attached hydrogens (tertiary/aromatic N) is 2. The summed E-state index contributed by atoms with van der Waals surface area (Å²) in [5.74, 6) is 0. The van der Waals surface area contributed by atoms with Crippen molar-refractivity contribution in [2.45, 2.75) is 19.4 Å². The van der Waals surface area contributed by atoms with Crippen LogP contribution in [0.15, 0.2) is 17.1 Å². The van der Waals surface area contributed by atoms with Crippen molar-refractivity contribution in [2.75, 3.05) is 47.1 Å². The fourth-order valence-electron chi connectivity index (χ4n) is 2.42. The van der Waals surface area contributed by atoms with Crippen molar-refractivity contribution in [1.29, 1.82) is 0 Å². The Morgan fingerprint density at radius 2 is 2.13 bits per heavy atom. The topological polar surface area (TPSA) is 43.3 Å². The Morgan fingerprint density at radius 3 is 2.70 bits per heavy atom. The Hall–Kier alpha value is -1.14. The summed E-state index contributed by atoms with van der Waals surface area (Å²) >= 11 is 6.42. The normalized spacial score (nSPS) is 16.6. The van der Waals surface area contributed by atoms with Gasteiger partial charge in [-0.05, 0) is 37.1 Å². The third-order valence-corrected chi connectivity index (χ3v) is 4.32. The molecule has 23 heavy (non-hydrogen) atoms. The molecule has 1 fully saturated rings. The van der Waals surface area contributed by atoms with Crippen molar-refractivity contribution in [3.63, 3.8) is 0 Å². The molecule has 0 aromatic heterocycles. The zero-order valence-corrected chi connectivity index (χ0v) is 15.0. The molecule has 0 radical (unpaired) electrons. The van der Waals surface area contributed by atoms with Crippen LogP contribution in [0.2, 0.25) is 5.02 Å². The van der Waals surface area contributed by atoms with Gasteiger partial charge in [0.1, 0.15) is 5.60 Å². The molecule has 1 aliphatic rings. The number of halogens is 1. The second-order valence-electron chi connectivity index (χ2n) is 5.76. The van der Waals surface area contributed by atoms with Gasteiger partial charge in [-0.3, -0.25) is 0 Å². The maximum Gasteiger partial charge on any atom is 0.140 e. The molecule has 0 bridgehead atoms. The van der Waals surface area contributed by atoms with Crippen LogP contribution in [0.3, 0.4) is 0 Å². The standard InChI is InChI=1S/C17H25ClN2O3/c1-5-20(3)12-19-16-8-13(2)14(9-15(16)18)17(10-22-11-17)23-7-6-21-4/h8-9,12H,5-7,10-11H2,1-4H3. The Kier molecular flexibility index (Phi) is 6.41. The molecule has 1 heterocycles. The van der Waals surface area contributed by atoms with Gasteiger partial charge in [-0.1, -0.05) is 11.6 Å². The minimum Gasteiger partial charge on any atom is -0.382 e. The smallest absolute Gasteiger partial charge is 0.140 e. The molecule has 0 saturated carbocycles. The molecular weight excluding hydrogens is 316 g/mol. The highest BCUT2D eigenvalue weighted by Crippen LogP contribution is 2.39. The van der Waals surface area contributed by atoms with Gasteiger partial charge in [-0.2, -0.15) is 0 Å². The largest absolute Gasteiger partial charge is 0.382 e. The van der Waals surface area contributed by atoms with Crippen LogP contribution in [-0.4, -0.2) is 58.4 Å². The maximum absolute atomic E-state index is 6.42. The first-order valence-electron chi connectivity index (χ1n) is 7.78. The molecule has 0 spiro atoms. The highest BCUT2D eigenvalue weighted by molar-refractivity contribution is 6.33.